The maximum Gasteiger partial charge on any atom is 0.337 e. The van der Waals surface area contributed by atoms with Crippen molar-refractivity contribution in [2.24, 2.45) is 0 Å². The van der Waals surface area contributed by atoms with Gasteiger partial charge < -0.3 is 9.47 Å². The molecular formula is C13H16O3. The molecule has 1 aromatic carbocycles. The summed E-state index contributed by atoms with van der Waals surface area (Å²) in [5, 5.41) is 0. The van der Waals surface area contributed by atoms with E-state index in [1.165, 1.54) is 13.4 Å². The minimum atomic E-state index is -0.363. The smallest absolute Gasteiger partial charge is 0.337 e. The molecule has 16 heavy (non-hydrogen) atoms. The SMILES string of the molecule is CO/C=C(\C)C(=O)OC(C)c1ccccc1. The molecule has 0 spiro atoms. The third-order valence-electron chi connectivity index (χ3n) is 2.17. The van der Waals surface area contributed by atoms with Crippen LogP contribution in [0.15, 0.2) is 42.2 Å². The predicted octanol–water partition coefficient (Wildman–Crippen LogP) is 2.84. The lowest BCUT2D eigenvalue weighted by molar-refractivity contribution is -0.143. The van der Waals surface area contributed by atoms with Crippen LogP contribution in [0.2, 0.25) is 0 Å². The van der Waals surface area contributed by atoms with E-state index in [1.807, 2.05) is 37.3 Å². The normalized spacial score (nSPS) is 13.1. The molecule has 0 saturated carbocycles. The van der Waals surface area contributed by atoms with E-state index < -0.39 is 0 Å². The lowest BCUT2D eigenvalue weighted by Crippen LogP contribution is -2.09. The Hall–Kier alpha value is -1.77. The van der Waals surface area contributed by atoms with Gasteiger partial charge in [-0.15, -0.1) is 0 Å². The lowest BCUT2D eigenvalue weighted by atomic mass is 10.1. The van der Waals surface area contributed by atoms with Crippen LogP contribution in [-0.2, 0) is 14.3 Å². The Balaban J connectivity index is 2.62. The van der Waals surface area contributed by atoms with Gasteiger partial charge in [-0.2, -0.15) is 0 Å². The zero-order valence-electron chi connectivity index (χ0n) is 9.77. The number of methoxy groups -OCH3 is 1. The molecule has 0 fully saturated rings. The minimum absolute atomic E-state index is 0.256. The Bertz CT molecular complexity index is 368. The highest BCUT2D eigenvalue weighted by atomic mass is 16.5. The molecule has 3 heteroatoms. The van der Waals surface area contributed by atoms with Gasteiger partial charge in [0.05, 0.1) is 18.9 Å². The molecule has 1 atom stereocenters. The third-order valence-corrected chi connectivity index (χ3v) is 2.17. The quantitative estimate of drug-likeness (QED) is 0.444. The van der Waals surface area contributed by atoms with E-state index in [9.17, 15) is 4.79 Å². The molecule has 0 aliphatic rings. The summed E-state index contributed by atoms with van der Waals surface area (Å²) in [5.41, 5.74) is 1.42. The van der Waals surface area contributed by atoms with Crippen LogP contribution in [0.3, 0.4) is 0 Å². The van der Waals surface area contributed by atoms with E-state index in [-0.39, 0.29) is 12.1 Å². The van der Waals surface area contributed by atoms with E-state index in [4.69, 9.17) is 9.47 Å². The summed E-state index contributed by atoms with van der Waals surface area (Å²) in [4.78, 5) is 11.5. The zero-order valence-corrected chi connectivity index (χ0v) is 9.77. The first-order chi connectivity index (χ1) is 7.65. The molecule has 0 radical (unpaired) electrons. The van der Waals surface area contributed by atoms with E-state index in [0.29, 0.717) is 5.57 Å². The topological polar surface area (TPSA) is 35.5 Å². The van der Waals surface area contributed by atoms with Gasteiger partial charge in [-0.1, -0.05) is 30.3 Å². The van der Waals surface area contributed by atoms with E-state index >= 15 is 0 Å². The number of benzene rings is 1. The fraction of sp³-hybridized carbons (Fsp3) is 0.308. The highest BCUT2D eigenvalue weighted by Gasteiger charge is 2.12. The molecule has 1 unspecified atom stereocenters. The summed E-state index contributed by atoms with van der Waals surface area (Å²) in [6.07, 6.45) is 1.12. The van der Waals surface area contributed by atoms with Crippen LogP contribution in [0.5, 0.6) is 0 Å². The number of carbonyl (C=O) groups excluding carboxylic acids is 1. The van der Waals surface area contributed by atoms with E-state index in [0.717, 1.165) is 5.56 Å². The number of esters is 1. The molecule has 0 amide bonds. The average Bonchev–Trinajstić information content (AvgIpc) is 2.30. The van der Waals surface area contributed by atoms with Gasteiger partial charge in [0, 0.05) is 0 Å². The molecule has 0 aromatic heterocycles. The van der Waals surface area contributed by atoms with Gasteiger partial charge in [0.1, 0.15) is 6.10 Å². The standard InChI is InChI=1S/C13H16O3/c1-10(9-15-3)13(14)16-11(2)12-7-5-4-6-8-12/h4-9,11H,1-3H3/b10-9+. The summed E-state index contributed by atoms with van der Waals surface area (Å²) in [6, 6.07) is 9.60. The molecule has 1 aromatic rings. The van der Waals surface area contributed by atoms with E-state index in [2.05, 4.69) is 0 Å². The number of carbonyl (C=O) groups is 1. The van der Waals surface area contributed by atoms with Gasteiger partial charge in [-0.3, -0.25) is 0 Å². The maximum absolute atomic E-state index is 11.5. The Morgan fingerprint density at radius 1 is 1.31 bits per heavy atom. The highest BCUT2D eigenvalue weighted by Crippen LogP contribution is 2.17. The van der Waals surface area contributed by atoms with E-state index in [1.54, 1.807) is 6.92 Å². The Labute approximate surface area is 95.7 Å². The van der Waals surface area contributed by atoms with Gasteiger partial charge in [0.2, 0.25) is 0 Å². The minimum Gasteiger partial charge on any atom is -0.504 e. The zero-order chi connectivity index (χ0) is 12.0. The van der Waals surface area contributed by atoms with Crippen LogP contribution >= 0.6 is 0 Å². The second-order valence-corrected chi connectivity index (χ2v) is 3.49. The molecule has 0 N–H and O–H groups in total. The average molecular weight is 220 g/mol. The molecule has 0 saturated heterocycles. The van der Waals surface area contributed by atoms with Gasteiger partial charge in [-0.25, -0.2) is 4.79 Å². The fourth-order valence-corrected chi connectivity index (χ4v) is 1.27. The maximum atomic E-state index is 11.5. The first-order valence-corrected chi connectivity index (χ1v) is 5.10. The molecular weight excluding hydrogens is 204 g/mol. The summed E-state index contributed by atoms with van der Waals surface area (Å²) in [7, 11) is 1.50. The first-order valence-electron chi connectivity index (χ1n) is 5.10. The number of ether oxygens (including phenoxy) is 2. The van der Waals surface area contributed by atoms with Crippen molar-refractivity contribution in [3.63, 3.8) is 0 Å². The van der Waals surface area contributed by atoms with Gasteiger partial charge >= 0.3 is 5.97 Å². The summed E-state index contributed by atoms with van der Waals surface area (Å²) >= 11 is 0. The van der Waals surface area contributed by atoms with Gasteiger partial charge in [0.15, 0.2) is 0 Å². The molecule has 0 aliphatic heterocycles. The Morgan fingerprint density at radius 3 is 2.50 bits per heavy atom. The molecule has 1 rings (SSSR count). The fourth-order valence-electron chi connectivity index (χ4n) is 1.27. The monoisotopic (exact) mass is 220 g/mol. The Kier molecular flexibility index (Phi) is 4.58. The lowest BCUT2D eigenvalue weighted by Gasteiger charge is -2.13. The van der Waals surface area contributed by atoms with Crippen molar-refractivity contribution in [3.8, 4) is 0 Å². The van der Waals surface area contributed by atoms with Gasteiger partial charge in [0.25, 0.3) is 0 Å². The molecule has 0 aliphatic carbocycles. The summed E-state index contributed by atoms with van der Waals surface area (Å²) in [6.45, 7) is 3.50. The van der Waals surface area contributed by atoms with Crippen LogP contribution in [0, 0.1) is 0 Å². The van der Waals surface area contributed by atoms with Crippen molar-refractivity contribution in [2.75, 3.05) is 7.11 Å². The van der Waals surface area contributed by atoms with Crippen molar-refractivity contribution in [1.82, 2.24) is 0 Å². The second kappa shape index (κ2) is 5.95. The highest BCUT2D eigenvalue weighted by molar-refractivity contribution is 5.87. The summed E-state index contributed by atoms with van der Waals surface area (Å²) in [5.74, 6) is -0.363. The number of hydrogen-bond donors (Lipinski definition) is 0. The second-order valence-electron chi connectivity index (χ2n) is 3.49. The molecule has 3 nitrogen and oxygen atoms in total. The third kappa shape index (κ3) is 3.42. The predicted molar refractivity (Wildman–Crippen MR) is 61.7 cm³/mol. The first kappa shape index (κ1) is 12.3. The van der Waals surface area contributed by atoms with Gasteiger partial charge in [-0.05, 0) is 19.4 Å². The van der Waals surface area contributed by atoms with Crippen LogP contribution in [0.4, 0.5) is 0 Å². The van der Waals surface area contributed by atoms with Crippen molar-refractivity contribution < 1.29 is 14.3 Å². The molecule has 86 valence electrons. The number of hydrogen-bond acceptors (Lipinski definition) is 3. The summed E-state index contributed by atoms with van der Waals surface area (Å²) < 4.78 is 10.0. The van der Waals surface area contributed by atoms with Crippen molar-refractivity contribution in [3.05, 3.63) is 47.7 Å². The van der Waals surface area contributed by atoms with Crippen molar-refractivity contribution in [1.29, 1.82) is 0 Å². The van der Waals surface area contributed by atoms with Crippen LogP contribution < -0.4 is 0 Å². The van der Waals surface area contributed by atoms with Crippen LogP contribution in [0.25, 0.3) is 0 Å². The van der Waals surface area contributed by atoms with Crippen molar-refractivity contribution >= 4 is 5.97 Å². The molecule has 0 heterocycles. The van der Waals surface area contributed by atoms with Crippen LogP contribution in [0.1, 0.15) is 25.5 Å². The molecule has 0 bridgehead atoms. The largest absolute Gasteiger partial charge is 0.504 e. The Morgan fingerprint density at radius 2 is 1.94 bits per heavy atom. The van der Waals surface area contributed by atoms with Crippen molar-refractivity contribution in [2.45, 2.75) is 20.0 Å². The van der Waals surface area contributed by atoms with Crippen LogP contribution in [-0.4, -0.2) is 13.1 Å². The number of rotatable bonds is 4.